The van der Waals surface area contributed by atoms with Gasteiger partial charge >= 0.3 is 5.97 Å². The molecule has 134 valence electrons. The van der Waals surface area contributed by atoms with Gasteiger partial charge in [0.25, 0.3) is 0 Å². The Labute approximate surface area is 145 Å². The Balaban J connectivity index is 1.62. The van der Waals surface area contributed by atoms with Crippen LogP contribution in [0.3, 0.4) is 0 Å². The van der Waals surface area contributed by atoms with Gasteiger partial charge in [0.2, 0.25) is 0 Å². The van der Waals surface area contributed by atoms with Crippen LogP contribution in [0.15, 0.2) is 0 Å². The molecule has 0 N–H and O–H groups in total. The topological polar surface area (TPSA) is 43.4 Å². The molecule has 0 aromatic rings. The van der Waals surface area contributed by atoms with Gasteiger partial charge in [-0.3, -0.25) is 9.59 Å². The Morgan fingerprint density at radius 1 is 1.04 bits per heavy atom. The average Bonchev–Trinajstić information content (AvgIpc) is 2.78. The Morgan fingerprint density at radius 2 is 1.83 bits per heavy atom. The van der Waals surface area contributed by atoms with E-state index in [1.807, 2.05) is 0 Å². The standard InChI is InChI=1S/C21H32O3/c1-13(22)24-18-12-17-15-8-7-14-6-4-5-10-20(14,2)16(15)9-11-21(17,3)19(18)23/h14-18H,4-12H2,1-3H3/t14-,15?,16?,17?,18-,20?,21?/m1/s1. The SMILES string of the molecule is CC(=O)O[C@@H]1CC2C3CC[C@H]4CCCCC4(C)C3CCC2(C)C1=O. The van der Waals surface area contributed by atoms with Crippen molar-refractivity contribution in [2.24, 2.45) is 34.5 Å². The summed E-state index contributed by atoms with van der Waals surface area (Å²) in [5.41, 5.74) is 0.240. The van der Waals surface area contributed by atoms with Crippen LogP contribution in [0.4, 0.5) is 0 Å². The molecule has 0 aromatic heterocycles. The zero-order valence-electron chi connectivity index (χ0n) is 15.5. The van der Waals surface area contributed by atoms with E-state index in [1.54, 1.807) is 0 Å². The number of hydrogen-bond acceptors (Lipinski definition) is 3. The normalized spacial score (nSPS) is 50.6. The highest BCUT2D eigenvalue weighted by atomic mass is 16.5. The van der Waals surface area contributed by atoms with E-state index in [4.69, 9.17) is 4.74 Å². The van der Waals surface area contributed by atoms with Gasteiger partial charge < -0.3 is 4.74 Å². The Hall–Kier alpha value is -0.860. The molecule has 4 saturated carbocycles. The second-order valence-electron chi connectivity index (χ2n) is 9.56. The minimum atomic E-state index is -0.479. The molecule has 0 amide bonds. The number of carbonyl (C=O) groups is 2. The van der Waals surface area contributed by atoms with Gasteiger partial charge in [0.15, 0.2) is 11.9 Å². The number of fused-ring (bicyclic) bond motifs is 5. The lowest BCUT2D eigenvalue weighted by molar-refractivity contribution is -0.154. The van der Waals surface area contributed by atoms with Crippen LogP contribution in [0.5, 0.6) is 0 Å². The van der Waals surface area contributed by atoms with E-state index in [-0.39, 0.29) is 17.2 Å². The largest absolute Gasteiger partial charge is 0.455 e. The molecule has 0 radical (unpaired) electrons. The maximum absolute atomic E-state index is 13.0. The lowest BCUT2D eigenvalue weighted by Crippen LogP contribution is -2.52. The van der Waals surface area contributed by atoms with Crippen LogP contribution < -0.4 is 0 Å². The summed E-state index contributed by atoms with van der Waals surface area (Å²) in [6.45, 7) is 6.14. The van der Waals surface area contributed by atoms with E-state index in [9.17, 15) is 9.59 Å². The van der Waals surface area contributed by atoms with Gasteiger partial charge in [-0.15, -0.1) is 0 Å². The Morgan fingerprint density at radius 3 is 2.58 bits per heavy atom. The number of ketones is 1. The molecule has 4 aliphatic carbocycles. The molecule has 0 spiro atoms. The fourth-order valence-electron chi connectivity index (χ4n) is 7.36. The summed E-state index contributed by atoms with van der Waals surface area (Å²) in [5.74, 6) is 2.66. The molecule has 0 heterocycles. The van der Waals surface area contributed by atoms with E-state index in [1.165, 1.54) is 51.9 Å². The molecule has 5 unspecified atom stereocenters. The highest BCUT2D eigenvalue weighted by Crippen LogP contribution is 2.65. The molecule has 0 aliphatic heterocycles. The van der Waals surface area contributed by atoms with Crippen molar-refractivity contribution in [2.75, 3.05) is 0 Å². The van der Waals surface area contributed by atoms with Crippen LogP contribution in [-0.4, -0.2) is 17.9 Å². The molecule has 4 rings (SSSR count). The summed E-state index contributed by atoms with van der Waals surface area (Å²) < 4.78 is 5.40. The third kappa shape index (κ3) is 2.22. The van der Waals surface area contributed by atoms with Crippen molar-refractivity contribution >= 4 is 11.8 Å². The second kappa shape index (κ2) is 5.57. The fourth-order valence-corrected chi connectivity index (χ4v) is 7.36. The van der Waals surface area contributed by atoms with Crippen molar-refractivity contribution in [3.05, 3.63) is 0 Å². The zero-order chi connectivity index (χ0) is 17.1. The predicted octanol–water partition coefficient (Wildman–Crippen LogP) is 4.53. The summed E-state index contributed by atoms with van der Waals surface area (Å²) in [6, 6.07) is 0. The van der Waals surface area contributed by atoms with Gasteiger partial charge in [-0.25, -0.2) is 0 Å². The molecule has 4 aliphatic rings. The first-order chi connectivity index (χ1) is 11.4. The van der Waals surface area contributed by atoms with Crippen LogP contribution in [-0.2, 0) is 14.3 Å². The number of esters is 1. The molecule has 24 heavy (non-hydrogen) atoms. The van der Waals surface area contributed by atoms with E-state index in [0.717, 1.165) is 24.7 Å². The zero-order valence-corrected chi connectivity index (χ0v) is 15.5. The van der Waals surface area contributed by atoms with Gasteiger partial charge in [-0.1, -0.05) is 26.7 Å². The fraction of sp³-hybridized carbons (Fsp3) is 0.905. The smallest absolute Gasteiger partial charge is 0.303 e. The molecule has 3 heteroatoms. The van der Waals surface area contributed by atoms with Gasteiger partial charge in [-0.05, 0) is 74.0 Å². The number of Topliss-reactive ketones (excluding diaryl/α,β-unsaturated/α-hetero) is 1. The van der Waals surface area contributed by atoms with Crippen molar-refractivity contribution < 1.29 is 14.3 Å². The van der Waals surface area contributed by atoms with Crippen molar-refractivity contribution in [1.29, 1.82) is 0 Å². The molecule has 3 nitrogen and oxygen atoms in total. The Kier molecular flexibility index (Phi) is 3.85. The first-order valence-corrected chi connectivity index (χ1v) is 10.1. The van der Waals surface area contributed by atoms with Crippen molar-refractivity contribution in [3.8, 4) is 0 Å². The van der Waals surface area contributed by atoms with E-state index < -0.39 is 6.10 Å². The van der Waals surface area contributed by atoms with Crippen LogP contribution in [0, 0.1) is 34.5 Å². The van der Waals surface area contributed by atoms with Gasteiger partial charge in [-0.2, -0.15) is 0 Å². The number of ether oxygens (including phenoxy) is 1. The quantitative estimate of drug-likeness (QED) is 0.663. The van der Waals surface area contributed by atoms with Crippen molar-refractivity contribution in [3.63, 3.8) is 0 Å². The minimum absolute atomic E-state index is 0.206. The van der Waals surface area contributed by atoms with E-state index in [0.29, 0.717) is 17.3 Å². The Bertz CT molecular complexity index is 555. The van der Waals surface area contributed by atoms with Gasteiger partial charge in [0, 0.05) is 12.3 Å². The van der Waals surface area contributed by atoms with Crippen molar-refractivity contribution in [2.45, 2.75) is 84.7 Å². The summed E-state index contributed by atoms with van der Waals surface area (Å²) in [5, 5.41) is 0. The summed E-state index contributed by atoms with van der Waals surface area (Å²) in [7, 11) is 0. The molecule has 7 atom stereocenters. The lowest BCUT2D eigenvalue weighted by Gasteiger charge is -2.59. The van der Waals surface area contributed by atoms with Gasteiger partial charge in [0.05, 0.1) is 0 Å². The van der Waals surface area contributed by atoms with E-state index in [2.05, 4.69) is 13.8 Å². The van der Waals surface area contributed by atoms with Crippen molar-refractivity contribution in [1.82, 2.24) is 0 Å². The number of hydrogen-bond donors (Lipinski definition) is 0. The van der Waals surface area contributed by atoms with E-state index >= 15 is 0 Å². The monoisotopic (exact) mass is 332 g/mol. The van der Waals surface area contributed by atoms with Crippen LogP contribution in [0.2, 0.25) is 0 Å². The average molecular weight is 332 g/mol. The highest BCUT2D eigenvalue weighted by Gasteiger charge is 2.62. The molecular formula is C21H32O3. The number of carbonyl (C=O) groups excluding carboxylic acids is 2. The summed E-state index contributed by atoms with van der Waals surface area (Å²) >= 11 is 0. The lowest BCUT2D eigenvalue weighted by atomic mass is 9.45. The number of rotatable bonds is 1. The minimum Gasteiger partial charge on any atom is -0.455 e. The maximum atomic E-state index is 13.0. The first kappa shape index (κ1) is 16.6. The van der Waals surface area contributed by atoms with Crippen LogP contribution in [0.1, 0.15) is 78.6 Å². The molecular weight excluding hydrogens is 300 g/mol. The molecule has 0 saturated heterocycles. The predicted molar refractivity (Wildman–Crippen MR) is 92.3 cm³/mol. The molecule has 4 fully saturated rings. The highest BCUT2D eigenvalue weighted by molar-refractivity contribution is 5.92. The van der Waals surface area contributed by atoms with Crippen LogP contribution >= 0.6 is 0 Å². The van der Waals surface area contributed by atoms with Gasteiger partial charge in [0.1, 0.15) is 0 Å². The second-order valence-corrected chi connectivity index (χ2v) is 9.56. The third-order valence-corrected chi connectivity index (χ3v) is 8.60. The molecule has 0 aromatic carbocycles. The van der Waals surface area contributed by atoms with Crippen LogP contribution in [0.25, 0.3) is 0 Å². The summed E-state index contributed by atoms with van der Waals surface area (Å²) in [6.07, 6.45) is 10.7. The third-order valence-electron chi connectivity index (χ3n) is 8.60. The first-order valence-electron chi connectivity index (χ1n) is 10.1. The summed E-state index contributed by atoms with van der Waals surface area (Å²) in [4.78, 5) is 24.4. The maximum Gasteiger partial charge on any atom is 0.303 e. The molecule has 0 bridgehead atoms.